The van der Waals surface area contributed by atoms with Gasteiger partial charge in [0.05, 0.1) is 0 Å². The monoisotopic (exact) mass is 234 g/mol. The van der Waals surface area contributed by atoms with Gasteiger partial charge in [0.15, 0.2) is 0 Å². The molecule has 0 saturated carbocycles. The summed E-state index contributed by atoms with van der Waals surface area (Å²) in [7, 11) is 0. The molecule has 0 heterocycles. The molecule has 3 heteroatoms. The highest BCUT2D eigenvalue weighted by Crippen LogP contribution is 2.18. The first kappa shape index (κ1) is 11.6. The summed E-state index contributed by atoms with van der Waals surface area (Å²) in [5.74, 6) is -0.459. The molecule has 0 unspecified atom stereocenters. The zero-order chi connectivity index (χ0) is 12.3. The minimum atomic E-state index is -0.589. The molecule has 88 valence electrons. The first-order chi connectivity index (χ1) is 8.15. The predicted octanol–water partition coefficient (Wildman–Crippen LogP) is 3.85. The Morgan fingerprint density at radius 1 is 1.00 bits per heavy atom. The summed E-state index contributed by atoms with van der Waals surface area (Å²) in [4.78, 5) is 0. The van der Waals surface area contributed by atoms with Crippen LogP contribution in [0, 0.1) is 18.6 Å². The molecule has 2 aromatic carbocycles. The van der Waals surface area contributed by atoms with Crippen LogP contribution in [-0.2, 0) is 6.61 Å². The lowest BCUT2D eigenvalue weighted by atomic mass is 10.2. The van der Waals surface area contributed by atoms with Crippen molar-refractivity contribution in [2.75, 3.05) is 0 Å². The Hall–Kier alpha value is -1.90. The highest BCUT2D eigenvalue weighted by Gasteiger charge is 2.02. The zero-order valence-corrected chi connectivity index (χ0v) is 9.41. The van der Waals surface area contributed by atoms with Crippen LogP contribution in [0.15, 0.2) is 42.5 Å². The van der Waals surface area contributed by atoms with Gasteiger partial charge in [-0.1, -0.05) is 18.2 Å². The quantitative estimate of drug-likeness (QED) is 0.783. The molecule has 1 nitrogen and oxygen atoms in total. The predicted molar refractivity (Wildman–Crippen MR) is 61.9 cm³/mol. The molecule has 0 aliphatic heterocycles. The van der Waals surface area contributed by atoms with Crippen molar-refractivity contribution >= 4 is 0 Å². The van der Waals surface area contributed by atoms with Crippen molar-refractivity contribution in [3.63, 3.8) is 0 Å². The van der Waals surface area contributed by atoms with E-state index in [1.165, 1.54) is 12.1 Å². The molecule has 0 aliphatic carbocycles. The molecule has 0 aromatic heterocycles. The molecule has 0 saturated heterocycles. The van der Waals surface area contributed by atoms with E-state index in [1.54, 1.807) is 0 Å². The highest BCUT2D eigenvalue weighted by molar-refractivity contribution is 5.32. The Labute approximate surface area is 98.7 Å². The first-order valence-corrected chi connectivity index (χ1v) is 5.28. The van der Waals surface area contributed by atoms with Crippen molar-refractivity contribution in [2.24, 2.45) is 0 Å². The van der Waals surface area contributed by atoms with Crippen LogP contribution in [-0.4, -0.2) is 0 Å². The van der Waals surface area contributed by atoms with E-state index < -0.39 is 11.6 Å². The molecule has 0 N–H and O–H groups in total. The number of aryl methyl sites for hydroxylation is 1. The van der Waals surface area contributed by atoms with E-state index in [2.05, 4.69) is 0 Å². The lowest BCUT2D eigenvalue weighted by Gasteiger charge is -2.08. The minimum Gasteiger partial charge on any atom is -0.489 e. The molecule has 0 radical (unpaired) electrons. The van der Waals surface area contributed by atoms with E-state index in [1.807, 2.05) is 31.2 Å². The second kappa shape index (κ2) is 4.95. The Balaban J connectivity index is 2.10. The molecule has 17 heavy (non-hydrogen) atoms. The maximum atomic E-state index is 12.9. The molecule has 0 spiro atoms. The van der Waals surface area contributed by atoms with Crippen molar-refractivity contribution in [1.29, 1.82) is 0 Å². The first-order valence-electron chi connectivity index (χ1n) is 5.28. The number of ether oxygens (including phenoxy) is 1. The number of benzene rings is 2. The van der Waals surface area contributed by atoms with E-state index in [4.69, 9.17) is 4.74 Å². The van der Waals surface area contributed by atoms with Crippen LogP contribution in [0.4, 0.5) is 8.78 Å². The van der Waals surface area contributed by atoms with Gasteiger partial charge in [-0.15, -0.1) is 0 Å². The Morgan fingerprint density at radius 3 is 2.29 bits per heavy atom. The van der Waals surface area contributed by atoms with Crippen LogP contribution in [0.2, 0.25) is 0 Å². The normalized spacial score (nSPS) is 10.3. The molecular weight excluding hydrogens is 222 g/mol. The fourth-order valence-corrected chi connectivity index (χ4v) is 1.57. The zero-order valence-electron chi connectivity index (χ0n) is 9.41. The van der Waals surface area contributed by atoms with Gasteiger partial charge in [0.2, 0.25) is 0 Å². The lowest BCUT2D eigenvalue weighted by Crippen LogP contribution is -1.98. The van der Waals surface area contributed by atoms with Crippen molar-refractivity contribution in [3.05, 3.63) is 65.2 Å². The topological polar surface area (TPSA) is 9.23 Å². The Morgan fingerprint density at radius 2 is 1.65 bits per heavy atom. The van der Waals surface area contributed by atoms with Crippen molar-refractivity contribution < 1.29 is 13.5 Å². The molecule has 0 fully saturated rings. The van der Waals surface area contributed by atoms with Crippen molar-refractivity contribution in [1.82, 2.24) is 0 Å². The number of para-hydroxylation sites is 1. The number of hydrogen-bond donors (Lipinski definition) is 0. The van der Waals surface area contributed by atoms with Crippen LogP contribution in [0.25, 0.3) is 0 Å². The molecular formula is C14H12F2O. The lowest BCUT2D eigenvalue weighted by molar-refractivity contribution is 0.302. The average molecular weight is 234 g/mol. The maximum absolute atomic E-state index is 12.9. The second-order valence-corrected chi connectivity index (χ2v) is 3.83. The van der Waals surface area contributed by atoms with E-state index in [0.717, 1.165) is 17.4 Å². The van der Waals surface area contributed by atoms with E-state index >= 15 is 0 Å². The summed E-state index contributed by atoms with van der Waals surface area (Å²) >= 11 is 0. The van der Waals surface area contributed by atoms with Gasteiger partial charge < -0.3 is 4.74 Å². The summed E-state index contributed by atoms with van der Waals surface area (Å²) in [5.41, 5.74) is 1.47. The molecule has 0 aliphatic rings. The SMILES string of the molecule is Cc1ccccc1OCc1cc(F)cc(F)c1. The van der Waals surface area contributed by atoms with Gasteiger partial charge in [-0.25, -0.2) is 8.78 Å². The summed E-state index contributed by atoms with van der Waals surface area (Å²) in [5, 5.41) is 0. The van der Waals surface area contributed by atoms with Gasteiger partial charge in [-0.05, 0) is 36.2 Å². The van der Waals surface area contributed by atoms with E-state index in [0.29, 0.717) is 5.56 Å². The number of halogens is 2. The van der Waals surface area contributed by atoms with Gasteiger partial charge in [0, 0.05) is 6.07 Å². The largest absolute Gasteiger partial charge is 0.489 e. The van der Waals surface area contributed by atoms with Crippen LogP contribution in [0.1, 0.15) is 11.1 Å². The maximum Gasteiger partial charge on any atom is 0.126 e. The minimum absolute atomic E-state index is 0.152. The molecule has 0 bridgehead atoms. The van der Waals surface area contributed by atoms with Crippen LogP contribution < -0.4 is 4.74 Å². The third kappa shape index (κ3) is 3.03. The molecule has 2 aromatic rings. The smallest absolute Gasteiger partial charge is 0.126 e. The fraction of sp³-hybridized carbons (Fsp3) is 0.143. The van der Waals surface area contributed by atoms with Gasteiger partial charge >= 0.3 is 0 Å². The second-order valence-electron chi connectivity index (χ2n) is 3.83. The van der Waals surface area contributed by atoms with Crippen LogP contribution in [0.3, 0.4) is 0 Å². The van der Waals surface area contributed by atoms with Gasteiger partial charge in [-0.3, -0.25) is 0 Å². The Kier molecular flexibility index (Phi) is 3.38. The highest BCUT2D eigenvalue weighted by atomic mass is 19.1. The van der Waals surface area contributed by atoms with Crippen molar-refractivity contribution in [2.45, 2.75) is 13.5 Å². The summed E-state index contributed by atoms with van der Waals surface area (Å²) < 4.78 is 31.4. The third-order valence-corrected chi connectivity index (χ3v) is 2.41. The number of hydrogen-bond acceptors (Lipinski definition) is 1. The summed E-state index contributed by atoms with van der Waals surface area (Å²) in [6.45, 7) is 2.07. The fourth-order valence-electron chi connectivity index (χ4n) is 1.57. The van der Waals surface area contributed by atoms with E-state index in [9.17, 15) is 8.78 Å². The average Bonchev–Trinajstić information content (AvgIpc) is 2.27. The number of rotatable bonds is 3. The van der Waals surface area contributed by atoms with Gasteiger partial charge in [-0.2, -0.15) is 0 Å². The Bertz CT molecular complexity index is 503. The van der Waals surface area contributed by atoms with Crippen molar-refractivity contribution in [3.8, 4) is 5.75 Å². The van der Waals surface area contributed by atoms with Gasteiger partial charge in [0.25, 0.3) is 0 Å². The summed E-state index contributed by atoms with van der Waals surface area (Å²) in [6, 6.07) is 10.9. The molecule has 2 rings (SSSR count). The third-order valence-electron chi connectivity index (χ3n) is 2.41. The standard InChI is InChI=1S/C14H12F2O/c1-10-4-2-3-5-14(10)17-9-11-6-12(15)8-13(16)7-11/h2-8H,9H2,1H3. The summed E-state index contributed by atoms with van der Waals surface area (Å²) in [6.07, 6.45) is 0. The molecule has 0 atom stereocenters. The van der Waals surface area contributed by atoms with Crippen LogP contribution >= 0.6 is 0 Å². The molecule has 0 amide bonds. The van der Waals surface area contributed by atoms with Crippen LogP contribution in [0.5, 0.6) is 5.75 Å². The van der Waals surface area contributed by atoms with E-state index in [-0.39, 0.29) is 6.61 Å². The van der Waals surface area contributed by atoms with Gasteiger partial charge in [0.1, 0.15) is 24.0 Å².